The van der Waals surface area contributed by atoms with Crippen molar-refractivity contribution in [3.63, 3.8) is 0 Å². The summed E-state index contributed by atoms with van der Waals surface area (Å²) in [6.45, 7) is 1.99. The van der Waals surface area contributed by atoms with Gasteiger partial charge in [0.1, 0.15) is 0 Å². The summed E-state index contributed by atoms with van der Waals surface area (Å²) in [5, 5.41) is 0. The van der Waals surface area contributed by atoms with E-state index in [2.05, 4.69) is 0 Å². The lowest BCUT2D eigenvalue weighted by atomic mass is 9.84. The average Bonchev–Trinajstić information content (AvgIpc) is 2.51. The van der Waals surface area contributed by atoms with Crippen molar-refractivity contribution in [3.8, 4) is 17.2 Å². The van der Waals surface area contributed by atoms with Gasteiger partial charge in [0.2, 0.25) is 5.75 Å². The normalized spacial score (nSPS) is 20.5. The van der Waals surface area contributed by atoms with E-state index in [1.807, 2.05) is 25.1 Å². The van der Waals surface area contributed by atoms with Gasteiger partial charge in [-0.3, -0.25) is 4.79 Å². The van der Waals surface area contributed by atoms with Crippen molar-refractivity contribution in [1.82, 2.24) is 0 Å². The Labute approximate surface area is 125 Å². The SMILES string of the molecule is COc1ccc(/C=C2\CCCC(C)C2=O)c(OC)c1OC. The lowest BCUT2D eigenvalue weighted by molar-refractivity contribution is -0.119. The third kappa shape index (κ3) is 3.04. The fraction of sp³-hybridized carbons (Fsp3) is 0.471. The molecule has 0 aromatic heterocycles. The Hall–Kier alpha value is -1.97. The molecule has 2 rings (SSSR count). The smallest absolute Gasteiger partial charge is 0.203 e. The number of methoxy groups -OCH3 is 3. The number of hydrogen-bond donors (Lipinski definition) is 0. The van der Waals surface area contributed by atoms with Gasteiger partial charge in [0.05, 0.1) is 21.3 Å². The number of benzene rings is 1. The van der Waals surface area contributed by atoms with E-state index in [1.165, 1.54) is 0 Å². The third-order valence-electron chi connectivity index (χ3n) is 3.91. The lowest BCUT2D eigenvalue weighted by Crippen LogP contribution is -2.18. The van der Waals surface area contributed by atoms with E-state index >= 15 is 0 Å². The second-order valence-electron chi connectivity index (χ2n) is 5.25. The molecule has 4 heteroatoms. The van der Waals surface area contributed by atoms with Crippen LogP contribution in [0.3, 0.4) is 0 Å². The van der Waals surface area contributed by atoms with E-state index in [0.29, 0.717) is 17.2 Å². The summed E-state index contributed by atoms with van der Waals surface area (Å²) in [5.41, 5.74) is 1.70. The molecule has 0 radical (unpaired) electrons. The van der Waals surface area contributed by atoms with Gasteiger partial charge in [-0.25, -0.2) is 0 Å². The number of ketones is 1. The van der Waals surface area contributed by atoms with Crippen molar-refractivity contribution in [3.05, 3.63) is 23.3 Å². The second-order valence-corrected chi connectivity index (χ2v) is 5.25. The molecule has 0 amide bonds. The maximum atomic E-state index is 12.2. The molecular formula is C17H22O4. The summed E-state index contributed by atoms with van der Waals surface area (Å²) in [6, 6.07) is 3.71. The van der Waals surface area contributed by atoms with Crippen LogP contribution in [0.2, 0.25) is 0 Å². The first-order valence-corrected chi connectivity index (χ1v) is 7.16. The van der Waals surface area contributed by atoms with Crippen molar-refractivity contribution < 1.29 is 19.0 Å². The van der Waals surface area contributed by atoms with Gasteiger partial charge < -0.3 is 14.2 Å². The number of Topliss-reactive ketones (excluding diaryl/α,β-unsaturated/α-hetero) is 1. The molecule has 0 saturated heterocycles. The first kappa shape index (κ1) is 15.4. The second kappa shape index (κ2) is 6.66. The Bertz CT molecular complexity index is 560. The van der Waals surface area contributed by atoms with E-state index in [1.54, 1.807) is 21.3 Å². The predicted molar refractivity (Wildman–Crippen MR) is 82.1 cm³/mol. The zero-order valence-electron chi connectivity index (χ0n) is 13.1. The van der Waals surface area contributed by atoms with Gasteiger partial charge in [0.15, 0.2) is 17.3 Å². The highest BCUT2D eigenvalue weighted by atomic mass is 16.5. The Morgan fingerprint density at radius 3 is 2.43 bits per heavy atom. The molecule has 1 atom stereocenters. The maximum absolute atomic E-state index is 12.2. The van der Waals surface area contributed by atoms with Crippen LogP contribution in [-0.2, 0) is 4.79 Å². The van der Waals surface area contributed by atoms with Gasteiger partial charge in [0.25, 0.3) is 0 Å². The molecule has 0 N–H and O–H groups in total. The highest BCUT2D eigenvalue weighted by molar-refractivity contribution is 6.01. The first-order valence-electron chi connectivity index (χ1n) is 7.16. The fourth-order valence-corrected chi connectivity index (χ4v) is 2.74. The van der Waals surface area contributed by atoms with Gasteiger partial charge >= 0.3 is 0 Å². The first-order chi connectivity index (χ1) is 10.1. The Kier molecular flexibility index (Phi) is 4.89. The Morgan fingerprint density at radius 1 is 1.10 bits per heavy atom. The van der Waals surface area contributed by atoms with Crippen molar-refractivity contribution in [2.75, 3.05) is 21.3 Å². The molecule has 0 spiro atoms. The van der Waals surface area contributed by atoms with Gasteiger partial charge in [-0.1, -0.05) is 6.92 Å². The Morgan fingerprint density at radius 2 is 1.81 bits per heavy atom. The maximum Gasteiger partial charge on any atom is 0.203 e. The summed E-state index contributed by atoms with van der Waals surface area (Å²) in [7, 11) is 4.75. The molecule has 0 aliphatic heterocycles. The van der Waals surface area contributed by atoms with E-state index in [-0.39, 0.29) is 11.7 Å². The van der Waals surface area contributed by atoms with Gasteiger partial charge in [0, 0.05) is 11.5 Å². The molecule has 1 saturated carbocycles. The van der Waals surface area contributed by atoms with E-state index in [0.717, 1.165) is 30.4 Å². The number of rotatable bonds is 4. The fourth-order valence-electron chi connectivity index (χ4n) is 2.74. The zero-order chi connectivity index (χ0) is 15.4. The van der Waals surface area contributed by atoms with Crippen molar-refractivity contribution in [2.24, 2.45) is 5.92 Å². The quantitative estimate of drug-likeness (QED) is 0.796. The molecule has 0 heterocycles. The van der Waals surface area contributed by atoms with Crippen molar-refractivity contribution >= 4 is 11.9 Å². The molecule has 1 aliphatic rings. The summed E-state index contributed by atoms with van der Waals surface area (Å²) in [5.74, 6) is 2.09. The van der Waals surface area contributed by atoms with Crippen LogP contribution in [-0.4, -0.2) is 27.1 Å². The van der Waals surface area contributed by atoms with Crippen LogP contribution < -0.4 is 14.2 Å². The summed E-state index contributed by atoms with van der Waals surface area (Å²) >= 11 is 0. The van der Waals surface area contributed by atoms with E-state index in [4.69, 9.17) is 14.2 Å². The average molecular weight is 290 g/mol. The molecule has 114 valence electrons. The number of allylic oxidation sites excluding steroid dienone is 1. The molecule has 0 bridgehead atoms. The topological polar surface area (TPSA) is 44.8 Å². The van der Waals surface area contributed by atoms with Crippen LogP contribution in [0.15, 0.2) is 17.7 Å². The predicted octanol–water partition coefficient (Wildman–Crippen LogP) is 3.48. The highest BCUT2D eigenvalue weighted by Gasteiger charge is 2.23. The molecule has 4 nitrogen and oxygen atoms in total. The van der Waals surface area contributed by atoms with Gasteiger partial charge in [-0.05, 0) is 43.0 Å². The third-order valence-corrected chi connectivity index (χ3v) is 3.91. The standard InChI is InChI=1S/C17H22O4/c1-11-6-5-7-12(15(11)18)10-13-8-9-14(19-2)17(21-4)16(13)20-3/h8-11H,5-7H2,1-4H3/b12-10+. The molecular weight excluding hydrogens is 268 g/mol. The Balaban J connectivity index is 2.46. The molecule has 21 heavy (non-hydrogen) atoms. The van der Waals surface area contributed by atoms with Crippen molar-refractivity contribution in [1.29, 1.82) is 0 Å². The number of ether oxygens (including phenoxy) is 3. The van der Waals surface area contributed by atoms with Crippen LogP contribution in [0.4, 0.5) is 0 Å². The molecule has 1 aliphatic carbocycles. The van der Waals surface area contributed by atoms with E-state index in [9.17, 15) is 4.79 Å². The van der Waals surface area contributed by atoms with Gasteiger partial charge in [-0.2, -0.15) is 0 Å². The summed E-state index contributed by atoms with van der Waals surface area (Å²) in [4.78, 5) is 12.2. The largest absolute Gasteiger partial charge is 0.493 e. The summed E-state index contributed by atoms with van der Waals surface area (Å²) < 4.78 is 16.1. The van der Waals surface area contributed by atoms with Gasteiger partial charge in [-0.15, -0.1) is 0 Å². The van der Waals surface area contributed by atoms with Crippen LogP contribution in [0.5, 0.6) is 17.2 Å². The monoisotopic (exact) mass is 290 g/mol. The highest BCUT2D eigenvalue weighted by Crippen LogP contribution is 2.41. The number of hydrogen-bond acceptors (Lipinski definition) is 4. The minimum Gasteiger partial charge on any atom is -0.493 e. The number of carbonyl (C=O) groups is 1. The lowest BCUT2D eigenvalue weighted by Gasteiger charge is -2.20. The zero-order valence-corrected chi connectivity index (χ0v) is 13.1. The molecule has 1 unspecified atom stereocenters. The van der Waals surface area contributed by atoms with Crippen LogP contribution in [0.25, 0.3) is 6.08 Å². The van der Waals surface area contributed by atoms with Crippen molar-refractivity contribution in [2.45, 2.75) is 26.2 Å². The number of carbonyl (C=O) groups excluding carboxylic acids is 1. The van der Waals surface area contributed by atoms with Crippen LogP contribution in [0.1, 0.15) is 31.7 Å². The van der Waals surface area contributed by atoms with Crippen LogP contribution >= 0.6 is 0 Å². The molecule has 1 aromatic carbocycles. The summed E-state index contributed by atoms with van der Waals surface area (Å²) in [6.07, 6.45) is 4.76. The molecule has 1 fully saturated rings. The minimum atomic E-state index is 0.108. The molecule has 1 aromatic rings. The van der Waals surface area contributed by atoms with E-state index < -0.39 is 0 Å². The van der Waals surface area contributed by atoms with Crippen LogP contribution in [0, 0.1) is 5.92 Å². The minimum absolute atomic E-state index is 0.108.